The fourth-order valence-corrected chi connectivity index (χ4v) is 2.90. The predicted molar refractivity (Wildman–Crippen MR) is 97.2 cm³/mol. The van der Waals surface area contributed by atoms with Crippen molar-refractivity contribution in [2.45, 2.75) is 32.6 Å². The van der Waals surface area contributed by atoms with Crippen LogP contribution < -0.4 is 0 Å². The monoisotopic (exact) mass is 379 g/mol. The number of rotatable bonds is 6. The summed E-state index contributed by atoms with van der Waals surface area (Å²) in [5.74, 6) is 1.61. The summed E-state index contributed by atoms with van der Waals surface area (Å²) < 4.78 is 12.6. The third-order valence-corrected chi connectivity index (χ3v) is 4.94. The minimum absolute atomic E-state index is 0.0166. The van der Waals surface area contributed by atoms with E-state index in [1.54, 1.807) is 6.21 Å². The Kier molecular flexibility index (Phi) is 5.78. The van der Waals surface area contributed by atoms with Crippen LogP contribution in [0.15, 0.2) is 50.3 Å². The van der Waals surface area contributed by atoms with Crippen LogP contribution >= 0.6 is 15.9 Å². The van der Waals surface area contributed by atoms with Crippen molar-refractivity contribution >= 4 is 30.5 Å². The quantitative estimate of drug-likeness (QED) is 0.499. The van der Waals surface area contributed by atoms with Gasteiger partial charge in [0.05, 0.1) is 23.3 Å². The fourth-order valence-electron chi connectivity index (χ4n) is 1.94. The Labute approximate surface area is 141 Å². The topological polar surface area (TPSA) is 34.7 Å². The zero-order valence-electron chi connectivity index (χ0n) is 13.5. The Morgan fingerprint density at radius 1 is 1.27 bits per heavy atom. The van der Waals surface area contributed by atoms with Gasteiger partial charge in [0.1, 0.15) is 11.5 Å². The van der Waals surface area contributed by atoms with Gasteiger partial charge in [0.25, 0.3) is 0 Å². The van der Waals surface area contributed by atoms with Crippen LogP contribution in [0, 0.1) is 6.92 Å². The highest BCUT2D eigenvalue weighted by Crippen LogP contribution is 2.22. The van der Waals surface area contributed by atoms with Gasteiger partial charge in [0, 0.05) is 0 Å². The molecule has 0 N–H and O–H groups in total. The number of nitrogens with zero attached hydrogens (tertiary/aromatic N) is 1. The molecule has 0 spiro atoms. The van der Waals surface area contributed by atoms with E-state index in [1.165, 1.54) is 0 Å². The number of benzene rings is 1. The van der Waals surface area contributed by atoms with Crippen LogP contribution in [-0.4, -0.2) is 21.1 Å². The van der Waals surface area contributed by atoms with E-state index in [1.807, 2.05) is 31.2 Å². The van der Waals surface area contributed by atoms with Crippen molar-refractivity contribution in [3.05, 3.63) is 58.0 Å². The van der Waals surface area contributed by atoms with Gasteiger partial charge in [0.15, 0.2) is 8.32 Å². The Balaban J connectivity index is 2.17. The number of aliphatic imine (C=N–C) groups is 1. The maximum absolute atomic E-state index is 6.05. The van der Waals surface area contributed by atoms with E-state index in [-0.39, 0.29) is 6.04 Å². The average Bonchev–Trinajstić information content (AvgIpc) is 2.77. The summed E-state index contributed by atoms with van der Waals surface area (Å²) in [6.07, 6.45) is 1.78. The number of furan rings is 1. The molecule has 0 unspecified atom stereocenters. The summed E-state index contributed by atoms with van der Waals surface area (Å²) in [4.78, 5) is 4.68. The lowest BCUT2D eigenvalue weighted by Gasteiger charge is -2.21. The number of hydrogen-bond donors (Lipinski definition) is 0. The lowest BCUT2D eigenvalue weighted by molar-refractivity contribution is 0.285. The van der Waals surface area contributed by atoms with Crippen molar-refractivity contribution in [2.24, 2.45) is 4.99 Å². The van der Waals surface area contributed by atoms with Gasteiger partial charge in [-0.15, -0.1) is 0 Å². The molecule has 22 heavy (non-hydrogen) atoms. The predicted octanol–water partition coefficient (Wildman–Crippen LogP) is 5.36. The van der Waals surface area contributed by atoms with Crippen molar-refractivity contribution in [1.29, 1.82) is 0 Å². The number of hydrogen-bond acceptors (Lipinski definition) is 3. The first-order chi connectivity index (χ1) is 10.3. The van der Waals surface area contributed by atoms with E-state index in [2.05, 4.69) is 52.7 Å². The Morgan fingerprint density at radius 2 is 1.95 bits per heavy atom. The van der Waals surface area contributed by atoms with E-state index in [4.69, 9.17) is 8.84 Å². The molecule has 1 atom stereocenters. The summed E-state index contributed by atoms with van der Waals surface area (Å²) in [7, 11) is -1.57. The molecule has 0 saturated heterocycles. The second kappa shape index (κ2) is 7.40. The van der Waals surface area contributed by atoms with Gasteiger partial charge in [0.2, 0.25) is 0 Å². The van der Waals surface area contributed by atoms with Gasteiger partial charge in [-0.25, -0.2) is 0 Å². The van der Waals surface area contributed by atoms with E-state index < -0.39 is 8.32 Å². The fraction of sp³-hybridized carbons (Fsp3) is 0.353. The molecule has 5 heteroatoms. The molecule has 0 aliphatic carbocycles. The van der Waals surface area contributed by atoms with Gasteiger partial charge < -0.3 is 8.84 Å². The summed E-state index contributed by atoms with van der Waals surface area (Å²) in [6.45, 7) is 9.07. The van der Waals surface area contributed by atoms with Crippen LogP contribution in [-0.2, 0) is 4.43 Å². The molecule has 118 valence electrons. The highest BCUT2D eigenvalue weighted by molar-refractivity contribution is 9.10. The zero-order valence-corrected chi connectivity index (χ0v) is 16.1. The van der Waals surface area contributed by atoms with Crippen LogP contribution in [0.25, 0.3) is 0 Å². The molecule has 2 rings (SSSR count). The molecule has 0 bridgehead atoms. The molecule has 1 aromatic carbocycles. The summed E-state index contributed by atoms with van der Waals surface area (Å²) >= 11 is 3.45. The number of aryl methyl sites for hydroxylation is 1. The SMILES string of the molecule is Cc1oc(C=N[C@@H](CO[Si](C)(C)C)c2ccccc2)cc1Br. The minimum atomic E-state index is -1.57. The van der Waals surface area contributed by atoms with E-state index in [0.717, 1.165) is 21.6 Å². The summed E-state index contributed by atoms with van der Waals surface area (Å²) in [6, 6.07) is 12.1. The van der Waals surface area contributed by atoms with Gasteiger partial charge in [-0.1, -0.05) is 30.3 Å². The lowest BCUT2D eigenvalue weighted by Crippen LogP contribution is -2.27. The largest absolute Gasteiger partial charge is 0.459 e. The van der Waals surface area contributed by atoms with Crippen LogP contribution in [0.2, 0.25) is 19.6 Å². The molecule has 0 radical (unpaired) electrons. The first-order valence-corrected chi connectivity index (χ1v) is 11.5. The standard InChI is InChI=1S/C17H22BrNO2Si/c1-13-16(18)10-15(21-13)11-19-17(12-20-22(2,3)4)14-8-6-5-7-9-14/h5-11,17H,12H2,1-4H3/t17-/m0/s1. The van der Waals surface area contributed by atoms with E-state index >= 15 is 0 Å². The third kappa shape index (κ3) is 5.23. The summed E-state index contributed by atoms with van der Waals surface area (Å²) in [5.41, 5.74) is 1.15. The molecule has 1 heterocycles. The third-order valence-electron chi connectivity index (χ3n) is 3.12. The smallest absolute Gasteiger partial charge is 0.183 e. The second-order valence-corrected chi connectivity index (χ2v) is 11.5. The minimum Gasteiger partial charge on any atom is -0.459 e. The average molecular weight is 380 g/mol. The van der Waals surface area contributed by atoms with Gasteiger partial charge in [-0.3, -0.25) is 4.99 Å². The van der Waals surface area contributed by atoms with Gasteiger partial charge >= 0.3 is 0 Å². The molecule has 3 nitrogen and oxygen atoms in total. The van der Waals surface area contributed by atoms with Crippen molar-refractivity contribution in [3.63, 3.8) is 0 Å². The molecule has 0 fully saturated rings. The summed E-state index contributed by atoms with van der Waals surface area (Å²) in [5, 5.41) is 0. The molecular weight excluding hydrogens is 358 g/mol. The lowest BCUT2D eigenvalue weighted by atomic mass is 10.1. The Morgan fingerprint density at radius 3 is 2.50 bits per heavy atom. The molecule has 0 saturated carbocycles. The first-order valence-electron chi connectivity index (χ1n) is 7.33. The van der Waals surface area contributed by atoms with Crippen molar-refractivity contribution in [1.82, 2.24) is 0 Å². The van der Waals surface area contributed by atoms with Gasteiger partial charge in [-0.05, 0) is 54.1 Å². The van der Waals surface area contributed by atoms with Crippen LogP contribution in [0.3, 0.4) is 0 Å². The molecule has 1 aromatic heterocycles. The van der Waals surface area contributed by atoms with Crippen molar-refractivity contribution in [3.8, 4) is 0 Å². The van der Waals surface area contributed by atoms with Gasteiger partial charge in [-0.2, -0.15) is 0 Å². The first kappa shape index (κ1) is 17.2. The van der Waals surface area contributed by atoms with Crippen LogP contribution in [0.1, 0.15) is 23.1 Å². The normalized spacial score (nSPS) is 13.7. The molecule has 2 aromatic rings. The van der Waals surface area contributed by atoms with Crippen LogP contribution in [0.4, 0.5) is 0 Å². The molecule has 0 amide bonds. The Bertz CT molecular complexity index is 612. The highest BCUT2D eigenvalue weighted by Gasteiger charge is 2.18. The second-order valence-electron chi connectivity index (χ2n) is 6.18. The van der Waals surface area contributed by atoms with Crippen molar-refractivity contribution in [2.75, 3.05) is 6.61 Å². The number of halogens is 1. The molecule has 0 aliphatic rings. The molecular formula is C17H22BrNO2Si. The maximum Gasteiger partial charge on any atom is 0.183 e. The molecule has 0 aliphatic heterocycles. The zero-order chi connectivity index (χ0) is 16.2. The highest BCUT2D eigenvalue weighted by atomic mass is 79.9. The van der Waals surface area contributed by atoms with E-state index in [0.29, 0.717) is 6.61 Å². The van der Waals surface area contributed by atoms with Crippen molar-refractivity contribution < 1.29 is 8.84 Å². The van der Waals surface area contributed by atoms with E-state index in [9.17, 15) is 0 Å². The maximum atomic E-state index is 6.05. The van der Waals surface area contributed by atoms with Crippen LogP contribution in [0.5, 0.6) is 0 Å². The Hall–Kier alpha value is -1.17.